The predicted molar refractivity (Wildman–Crippen MR) is 153 cm³/mol. The molecule has 240 valence electrons. The van der Waals surface area contributed by atoms with Crippen LogP contribution in [0.1, 0.15) is 0 Å². The summed E-state index contributed by atoms with van der Waals surface area (Å²) in [6, 6.07) is 15.0. The highest BCUT2D eigenvalue weighted by Crippen LogP contribution is 2.32. The normalized spacial score (nSPS) is 35.1. The van der Waals surface area contributed by atoms with E-state index >= 15 is 0 Å². The minimum atomic E-state index is -0.156. The van der Waals surface area contributed by atoms with E-state index < -0.39 is 0 Å². The number of ether oxygens (including phenoxy) is 12. The van der Waals surface area contributed by atoms with Gasteiger partial charge in [-0.1, -0.05) is 0 Å². The Labute approximate surface area is 256 Å². The lowest BCUT2D eigenvalue weighted by Gasteiger charge is -2.18. The van der Waals surface area contributed by atoms with Gasteiger partial charge in [0, 0.05) is 0 Å². The van der Waals surface area contributed by atoms with E-state index in [1.165, 1.54) is 0 Å². The summed E-state index contributed by atoms with van der Waals surface area (Å²) in [7, 11) is 0. The van der Waals surface area contributed by atoms with Crippen molar-refractivity contribution in [3.63, 3.8) is 0 Å². The van der Waals surface area contributed by atoms with Crippen molar-refractivity contribution in [2.75, 3.05) is 79.3 Å². The third-order valence-corrected chi connectivity index (χ3v) is 8.31. The van der Waals surface area contributed by atoms with Crippen LogP contribution in [0.15, 0.2) is 48.5 Å². The van der Waals surface area contributed by atoms with Crippen LogP contribution in [0.25, 0.3) is 0 Å². The van der Waals surface area contributed by atoms with E-state index in [0.717, 1.165) is 23.0 Å². The SMILES string of the molecule is c1cc2ccc1OCCO[C@@H]1CO[C@H]3[C@@H]1OC[C@H]3OCCOc1ccc(cc1)OCCO[C@@H]1CO[C@H]3[C@@H]1OC[C@H]3OCCO2. The van der Waals surface area contributed by atoms with Crippen molar-refractivity contribution < 1.29 is 56.8 Å². The van der Waals surface area contributed by atoms with Crippen LogP contribution >= 0.6 is 0 Å². The topological polar surface area (TPSA) is 111 Å². The number of hydrogen-bond donors (Lipinski definition) is 0. The second kappa shape index (κ2) is 14.6. The first kappa shape index (κ1) is 30.0. The maximum Gasteiger partial charge on any atom is 0.119 e. The largest absolute Gasteiger partial charge is 0.491 e. The molecule has 0 radical (unpaired) electrons. The zero-order chi connectivity index (χ0) is 29.6. The summed E-state index contributed by atoms with van der Waals surface area (Å²) < 4.78 is 71.4. The molecule has 8 heterocycles. The molecule has 0 aromatic heterocycles. The lowest BCUT2D eigenvalue weighted by molar-refractivity contribution is -0.0571. The van der Waals surface area contributed by atoms with Crippen LogP contribution in [0.5, 0.6) is 23.0 Å². The van der Waals surface area contributed by atoms with Crippen LogP contribution in [-0.4, -0.2) is 128 Å². The molecular formula is C32H40O12. The molecule has 12 heteroatoms. The molecule has 0 unspecified atom stereocenters. The van der Waals surface area contributed by atoms with E-state index in [4.69, 9.17) is 56.8 Å². The zero-order valence-electron chi connectivity index (χ0n) is 24.6. The zero-order valence-corrected chi connectivity index (χ0v) is 24.6. The Hall–Kier alpha value is -2.68. The van der Waals surface area contributed by atoms with Crippen LogP contribution in [0.2, 0.25) is 0 Å². The van der Waals surface area contributed by atoms with E-state index in [1.807, 2.05) is 48.5 Å². The molecule has 0 saturated carbocycles. The molecule has 0 spiro atoms. The molecule has 8 aliphatic rings. The van der Waals surface area contributed by atoms with Crippen LogP contribution < -0.4 is 18.9 Å². The average molecular weight is 617 g/mol. The summed E-state index contributed by atoms with van der Waals surface area (Å²) in [5, 5.41) is 0. The Kier molecular flexibility index (Phi) is 9.96. The number of hydrogen-bond acceptors (Lipinski definition) is 12. The first-order valence-electron chi connectivity index (χ1n) is 15.4. The Morgan fingerprint density at radius 1 is 0.295 bits per heavy atom. The second-order valence-electron chi connectivity index (χ2n) is 11.2. The molecule has 0 aliphatic carbocycles. The molecular weight excluding hydrogens is 576 g/mol. The van der Waals surface area contributed by atoms with Crippen molar-refractivity contribution in [2.45, 2.75) is 48.8 Å². The summed E-state index contributed by atoms with van der Waals surface area (Å²) in [6.45, 7) is 5.16. The standard InChI is InChI=1S/C32H40O12/c1-2-22-4-3-21(1)33-9-13-37-25-17-41-31-27(19-42-29(25)31)39-15-11-35-23-5-7-24(8-6-23)36-12-16-40-28-20-44-30-26(18-43-32(28)30)38-14-10-34-22/h1-8,25-32H,9-20H2/t25-,26-,27-,28-,29-,30-,31-,32-/m1/s1. The van der Waals surface area contributed by atoms with Gasteiger partial charge in [-0.25, -0.2) is 0 Å². The molecule has 0 N–H and O–H groups in total. The van der Waals surface area contributed by atoms with Gasteiger partial charge in [-0.15, -0.1) is 0 Å². The van der Waals surface area contributed by atoms with E-state index in [2.05, 4.69) is 0 Å². The van der Waals surface area contributed by atoms with Crippen LogP contribution in [0.3, 0.4) is 0 Å². The summed E-state index contributed by atoms with van der Waals surface area (Å²) in [4.78, 5) is 0. The lowest BCUT2D eigenvalue weighted by Crippen LogP contribution is -2.35. The monoisotopic (exact) mass is 616 g/mol. The first-order chi connectivity index (χ1) is 21.8. The molecule has 44 heavy (non-hydrogen) atoms. The van der Waals surface area contributed by atoms with E-state index in [9.17, 15) is 0 Å². The number of rotatable bonds is 0. The maximum absolute atomic E-state index is 6.04. The average Bonchev–Trinajstić information content (AvgIpc) is 3.83. The summed E-state index contributed by atoms with van der Waals surface area (Å²) in [6.07, 6.45) is -1.24. The molecule has 8 atom stereocenters. The van der Waals surface area contributed by atoms with Crippen LogP contribution in [0.4, 0.5) is 0 Å². The summed E-state index contributed by atoms with van der Waals surface area (Å²) >= 11 is 0. The molecule has 12 bridgehead atoms. The minimum absolute atomic E-state index is 0.154. The third-order valence-electron chi connectivity index (χ3n) is 8.31. The van der Waals surface area contributed by atoms with Gasteiger partial charge in [-0.05, 0) is 48.5 Å². The molecule has 10 rings (SSSR count). The van der Waals surface area contributed by atoms with Crippen molar-refractivity contribution in [1.29, 1.82) is 0 Å². The Bertz CT molecular complexity index is 981. The van der Waals surface area contributed by atoms with E-state index in [0.29, 0.717) is 79.3 Å². The molecule has 12 nitrogen and oxygen atoms in total. The van der Waals surface area contributed by atoms with E-state index in [-0.39, 0.29) is 48.8 Å². The molecule has 4 saturated heterocycles. The molecule has 8 aliphatic heterocycles. The van der Waals surface area contributed by atoms with Crippen LogP contribution in [0, 0.1) is 0 Å². The van der Waals surface area contributed by atoms with Crippen molar-refractivity contribution >= 4 is 0 Å². The van der Waals surface area contributed by atoms with Gasteiger partial charge in [0.15, 0.2) is 0 Å². The summed E-state index contributed by atoms with van der Waals surface area (Å²) in [5.74, 6) is 2.96. The molecule has 2 aromatic carbocycles. The fraction of sp³-hybridized carbons (Fsp3) is 0.625. The van der Waals surface area contributed by atoms with Gasteiger partial charge in [0.2, 0.25) is 0 Å². The lowest BCUT2D eigenvalue weighted by atomic mass is 10.1. The highest BCUT2D eigenvalue weighted by molar-refractivity contribution is 5.32. The Morgan fingerprint density at radius 2 is 0.523 bits per heavy atom. The minimum Gasteiger partial charge on any atom is -0.491 e. The highest BCUT2D eigenvalue weighted by Gasteiger charge is 2.50. The second-order valence-corrected chi connectivity index (χ2v) is 11.2. The molecule has 4 fully saturated rings. The van der Waals surface area contributed by atoms with Gasteiger partial charge < -0.3 is 56.8 Å². The van der Waals surface area contributed by atoms with Crippen molar-refractivity contribution in [2.24, 2.45) is 0 Å². The molecule has 0 amide bonds. The van der Waals surface area contributed by atoms with Crippen molar-refractivity contribution in [3.8, 4) is 23.0 Å². The van der Waals surface area contributed by atoms with Crippen molar-refractivity contribution in [1.82, 2.24) is 0 Å². The fourth-order valence-corrected chi connectivity index (χ4v) is 6.13. The number of benzene rings is 2. The molecule has 2 aromatic rings. The first-order valence-corrected chi connectivity index (χ1v) is 15.4. The quantitative estimate of drug-likeness (QED) is 0.432. The van der Waals surface area contributed by atoms with Gasteiger partial charge in [-0.3, -0.25) is 0 Å². The maximum atomic E-state index is 6.04. The summed E-state index contributed by atoms with van der Waals surface area (Å²) in [5.41, 5.74) is 0. The third kappa shape index (κ3) is 7.24. The fourth-order valence-electron chi connectivity index (χ4n) is 6.13. The predicted octanol–water partition coefficient (Wildman–Crippen LogP) is 2.05. The van der Waals surface area contributed by atoms with Gasteiger partial charge in [-0.2, -0.15) is 0 Å². The van der Waals surface area contributed by atoms with Gasteiger partial charge in [0.25, 0.3) is 0 Å². The van der Waals surface area contributed by atoms with Crippen LogP contribution in [-0.2, 0) is 37.9 Å². The van der Waals surface area contributed by atoms with Gasteiger partial charge in [0.05, 0.1) is 52.9 Å². The van der Waals surface area contributed by atoms with Crippen molar-refractivity contribution in [3.05, 3.63) is 48.5 Å². The smallest absolute Gasteiger partial charge is 0.119 e. The van der Waals surface area contributed by atoms with Gasteiger partial charge >= 0.3 is 0 Å². The van der Waals surface area contributed by atoms with Gasteiger partial charge in [0.1, 0.15) is 98.3 Å². The Balaban J connectivity index is 0.924. The van der Waals surface area contributed by atoms with E-state index in [1.54, 1.807) is 0 Å². The highest BCUT2D eigenvalue weighted by atomic mass is 16.7. The Morgan fingerprint density at radius 3 is 0.750 bits per heavy atom.